The van der Waals surface area contributed by atoms with Crippen LogP contribution in [0.4, 0.5) is 0 Å². The summed E-state index contributed by atoms with van der Waals surface area (Å²) in [6, 6.07) is 14.8. The molecule has 0 saturated carbocycles. The monoisotopic (exact) mass is 214 g/mol. The van der Waals surface area contributed by atoms with Crippen molar-refractivity contribution in [3.05, 3.63) is 57.8 Å². The van der Waals surface area contributed by atoms with Crippen LogP contribution in [0.5, 0.6) is 0 Å². The summed E-state index contributed by atoms with van der Waals surface area (Å²) in [4.78, 5) is 2.78. The van der Waals surface area contributed by atoms with E-state index in [0.717, 1.165) is 6.42 Å². The summed E-state index contributed by atoms with van der Waals surface area (Å²) in [5.74, 6) is 0. The Balaban J connectivity index is 2.11. The zero-order valence-electron chi connectivity index (χ0n) is 8.81. The molecule has 1 aromatic heterocycles. The van der Waals surface area contributed by atoms with Crippen molar-refractivity contribution in [2.24, 2.45) is 0 Å². The molecule has 0 fully saturated rings. The van der Waals surface area contributed by atoms with Crippen LogP contribution in [0.3, 0.4) is 0 Å². The van der Waals surface area contributed by atoms with Gasteiger partial charge in [-0.1, -0.05) is 43.3 Å². The Kier molecular flexibility index (Phi) is 3.36. The quantitative estimate of drug-likeness (QED) is 0.706. The third-order valence-corrected chi connectivity index (χ3v) is 3.47. The first-order valence-electron chi connectivity index (χ1n) is 5.20. The van der Waals surface area contributed by atoms with Gasteiger partial charge in [-0.05, 0) is 30.2 Å². The molecule has 0 unspecified atom stereocenters. The van der Waals surface area contributed by atoms with E-state index < -0.39 is 0 Å². The van der Waals surface area contributed by atoms with E-state index in [1.165, 1.54) is 15.3 Å². The Hall–Kier alpha value is -1.34. The summed E-state index contributed by atoms with van der Waals surface area (Å²) in [6.45, 7) is 2.19. The molecule has 15 heavy (non-hydrogen) atoms. The lowest BCUT2D eigenvalue weighted by Crippen LogP contribution is -1.67. The maximum absolute atomic E-state index is 2.20. The van der Waals surface area contributed by atoms with E-state index in [4.69, 9.17) is 0 Å². The highest BCUT2D eigenvalue weighted by Gasteiger charge is 1.93. The van der Waals surface area contributed by atoms with Gasteiger partial charge in [0.25, 0.3) is 0 Å². The van der Waals surface area contributed by atoms with Crippen LogP contribution in [-0.2, 0) is 6.42 Å². The van der Waals surface area contributed by atoms with Crippen LogP contribution in [0.25, 0.3) is 12.2 Å². The summed E-state index contributed by atoms with van der Waals surface area (Å²) in [7, 11) is 0. The van der Waals surface area contributed by atoms with Crippen molar-refractivity contribution in [3.63, 3.8) is 0 Å². The second kappa shape index (κ2) is 4.94. The zero-order chi connectivity index (χ0) is 10.5. The molecular formula is C14H14S. The molecule has 0 aliphatic heterocycles. The molecule has 2 aromatic rings. The van der Waals surface area contributed by atoms with Gasteiger partial charge in [0, 0.05) is 9.75 Å². The fourth-order valence-electron chi connectivity index (χ4n) is 1.42. The fourth-order valence-corrected chi connectivity index (χ4v) is 2.27. The Labute approximate surface area is 94.9 Å². The Morgan fingerprint density at radius 2 is 1.80 bits per heavy atom. The standard InChI is InChI=1S/C14H14S/c1-2-13-10-11-14(15-13)9-8-12-6-4-3-5-7-12/h3-11H,2H2,1H3/b9-8+. The molecule has 2 rings (SSSR count). The van der Waals surface area contributed by atoms with E-state index >= 15 is 0 Å². The summed E-state index contributed by atoms with van der Waals surface area (Å²) >= 11 is 1.87. The molecule has 0 bridgehead atoms. The van der Waals surface area contributed by atoms with Gasteiger partial charge in [-0.3, -0.25) is 0 Å². The third-order valence-electron chi connectivity index (χ3n) is 2.27. The van der Waals surface area contributed by atoms with Crippen molar-refractivity contribution >= 4 is 23.5 Å². The number of hydrogen-bond donors (Lipinski definition) is 0. The van der Waals surface area contributed by atoms with E-state index in [2.05, 4.69) is 55.5 Å². The first kappa shape index (κ1) is 10.2. The van der Waals surface area contributed by atoms with Crippen LogP contribution in [0.1, 0.15) is 22.2 Å². The predicted molar refractivity (Wildman–Crippen MR) is 69.1 cm³/mol. The highest BCUT2D eigenvalue weighted by Crippen LogP contribution is 2.19. The van der Waals surface area contributed by atoms with Gasteiger partial charge < -0.3 is 0 Å². The molecule has 76 valence electrons. The number of thiophene rings is 1. The first-order valence-corrected chi connectivity index (χ1v) is 6.02. The summed E-state index contributed by atoms with van der Waals surface area (Å²) in [5, 5.41) is 0. The minimum atomic E-state index is 1.13. The Morgan fingerprint density at radius 3 is 2.47 bits per heavy atom. The van der Waals surface area contributed by atoms with Crippen molar-refractivity contribution in [1.29, 1.82) is 0 Å². The van der Waals surface area contributed by atoms with E-state index in [9.17, 15) is 0 Å². The molecule has 0 amide bonds. The summed E-state index contributed by atoms with van der Waals surface area (Å²) in [6.07, 6.45) is 5.47. The lowest BCUT2D eigenvalue weighted by molar-refractivity contribution is 1.19. The minimum absolute atomic E-state index is 1.13. The summed E-state index contributed by atoms with van der Waals surface area (Å²) in [5.41, 5.74) is 1.25. The lowest BCUT2D eigenvalue weighted by atomic mass is 10.2. The van der Waals surface area contributed by atoms with Gasteiger partial charge in [0.15, 0.2) is 0 Å². The molecule has 0 aliphatic rings. The van der Waals surface area contributed by atoms with Crippen LogP contribution in [-0.4, -0.2) is 0 Å². The van der Waals surface area contributed by atoms with E-state index in [0.29, 0.717) is 0 Å². The van der Waals surface area contributed by atoms with Crippen molar-refractivity contribution in [3.8, 4) is 0 Å². The molecule has 0 spiro atoms. The SMILES string of the molecule is CCc1ccc(/C=C/c2ccccc2)s1. The number of aryl methyl sites for hydroxylation is 1. The van der Waals surface area contributed by atoms with Crippen molar-refractivity contribution in [2.45, 2.75) is 13.3 Å². The van der Waals surface area contributed by atoms with Gasteiger partial charge in [0.2, 0.25) is 0 Å². The van der Waals surface area contributed by atoms with Crippen LogP contribution in [0.15, 0.2) is 42.5 Å². The van der Waals surface area contributed by atoms with Gasteiger partial charge in [0.05, 0.1) is 0 Å². The van der Waals surface area contributed by atoms with Crippen LogP contribution in [0.2, 0.25) is 0 Å². The van der Waals surface area contributed by atoms with Crippen molar-refractivity contribution < 1.29 is 0 Å². The van der Waals surface area contributed by atoms with Crippen molar-refractivity contribution in [1.82, 2.24) is 0 Å². The molecule has 0 saturated heterocycles. The second-order valence-electron chi connectivity index (χ2n) is 3.40. The first-order chi connectivity index (χ1) is 7.38. The normalized spacial score (nSPS) is 11.0. The highest BCUT2D eigenvalue weighted by molar-refractivity contribution is 7.12. The largest absolute Gasteiger partial charge is 0.141 e. The van der Waals surface area contributed by atoms with Crippen molar-refractivity contribution in [2.75, 3.05) is 0 Å². The molecule has 0 aliphatic carbocycles. The minimum Gasteiger partial charge on any atom is -0.141 e. The van der Waals surface area contributed by atoms with E-state index in [1.54, 1.807) is 0 Å². The van der Waals surface area contributed by atoms with Crippen LogP contribution < -0.4 is 0 Å². The highest BCUT2D eigenvalue weighted by atomic mass is 32.1. The smallest absolute Gasteiger partial charge is 0.0273 e. The summed E-state index contributed by atoms with van der Waals surface area (Å²) < 4.78 is 0. The number of rotatable bonds is 3. The molecule has 1 heteroatoms. The number of hydrogen-bond acceptors (Lipinski definition) is 1. The molecule has 0 nitrogen and oxygen atoms in total. The van der Waals surface area contributed by atoms with Crippen LogP contribution >= 0.6 is 11.3 Å². The average molecular weight is 214 g/mol. The van der Waals surface area contributed by atoms with Gasteiger partial charge in [-0.25, -0.2) is 0 Å². The second-order valence-corrected chi connectivity index (χ2v) is 4.60. The molecule has 1 aromatic carbocycles. The van der Waals surface area contributed by atoms with E-state index in [1.807, 2.05) is 17.4 Å². The topological polar surface area (TPSA) is 0 Å². The Bertz CT molecular complexity index is 437. The van der Waals surface area contributed by atoms with E-state index in [-0.39, 0.29) is 0 Å². The van der Waals surface area contributed by atoms with Gasteiger partial charge in [-0.15, -0.1) is 11.3 Å². The number of benzene rings is 1. The molecule has 0 radical (unpaired) electrons. The maximum Gasteiger partial charge on any atom is 0.0273 e. The Morgan fingerprint density at radius 1 is 1.00 bits per heavy atom. The third kappa shape index (κ3) is 2.80. The zero-order valence-corrected chi connectivity index (χ0v) is 9.63. The average Bonchev–Trinajstić information content (AvgIpc) is 2.76. The molecular weight excluding hydrogens is 200 g/mol. The van der Waals surface area contributed by atoms with Gasteiger partial charge in [0.1, 0.15) is 0 Å². The lowest BCUT2D eigenvalue weighted by Gasteiger charge is -1.90. The van der Waals surface area contributed by atoms with Crippen LogP contribution in [0, 0.1) is 0 Å². The predicted octanol–water partition coefficient (Wildman–Crippen LogP) is 4.48. The molecule has 0 N–H and O–H groups in total. The molecule has 0 atom stereocenters. The van der Waals surface area contributed by atoms with Gasteiger partial charge >= 0.3 is 0 Å². The maximum atomic E-state index is 2.20. The fraction of sp³-hybridized carbons (Fsp3) is 0.143. The molecule has 1 heterocycles. The van der Waals surface area contributed by atoms with Gasteiger partial charge in [-0.2, -0.15) is 0 Å².